The third-order valence-corrected chi connectivity index (χ3v) is 3.75. The van der Waals surface area contributed by atoms with E-state index in [1.54, 1.807) is 0 Å². The van der Waals surface area contributed by atoms with Crippen LogP contribution < -0.4 is 0 Å². The molecule has 1 saturated heterocycles. The molecule has 1 fully saturated rings. The highest BCUT2D eigenvalue weighted by Crippen LogP contribution is 2.23. The fourth-order valence-corrected chi connectivity index (χ4v) is 2.49. The Kier molecular flexibility index (Phi) is 5.42. The summed E-state index contributed by atoms with van der Waals surface area (Å²) >= 11 is 0. The van der Waals surface area contributed by atoms with E-state index in [9.17, 15) is 5.11 Å². The molecule has 0 bridgehead atoms. The van der Waals surface area contributed by atoms with Crippen LogP contribution in [-0.4, -0.2) is 60.8 Å². The van der Waals surface area contributed by atoms with Gasteiger partial charge in [0.05, 0.1) is 6.10 Å². The fraction of sp³-hybridized carbons (Fsp3) is 1.00. The lowest BCUT2D eigenvalue weighted by Crippen LogP contribution is -2.46. The van der Waals surface area contributed by atoms with Crippen molar-refractivity contribution >= 4 is 0 Å². The van der Waals surface area contributed by atoms with Gasteiger partial charge in [-0.25, -0.2) is 0 Å². The molecule has 1 aliphatic heterocycles. The summed E-state index contributed by atoms with van der Waals surface area (Å²) in [6.45, 7) is 9.95. The summed E-state index contributed by atoms with van der Waals surface area (Å²) in [5.41, 5.74) is 0.316. The summed E-state index contributed by atoms with van der Waals surface area (Å²) in [6.07, 6.45) is 3.00. The van der Waals surface area contributed by atoms with Gasteiger partial charge in [0, 0.05) is 12.6 Å². The van der Waals surface area contributed by atoms with Crippen molar-refractivity contribution in [1.82, 2.24) is 9.80 Å². The van der Waals surface area contributed by atoms with Gasteiger partial charge in [0.2, 0.25) is 0 Å². The Bertz CT molecular complexity index is 225. The Morgan fingerprint density at radius 3 is 2.47 bits per heavy atom. The van der Waals surface area contributed by atoms with Gasteiger partial charge in [-0.3, -0.25) is 4.90 Å². The van der Waals surface area contributed by atoms with Gasteiger partial charge >= 0.3 is 0 Å². The second-order valence-corrected chi connectivity index (χ2v) is 6.83. The Balaban J connectivity index is 2.50. The number of aliphatic hydroxyl groups is 1. The zero-order valence-corrected chi connectivity index (χ0v) is 12.2. The first kappa shape index (κ1) is 14.9. The Morgan fingerprint density at radius 2 is 1.88 bits per heavy atom. The average Bonchev–Trinajstić information content (AvgIpc) is 2.36. The molecule has 0 spiro atoms. The van der Waals surface area contributed by atoms with Crippen molar-refractivity contribution in [3.8, 4) is 0 Å². The lowest BCUT2D eigenvalue weighted by molar-refractivity contribution is 0.0442. The van der Waals surface area contributed by atoms with E-state index in [0.717, 1.165) is 32.5 Å². The molecule has 0 amide bonds. The van der Waals surface area contributed by atoms with Crippen LogP contribution in [0.15, 0.2) is 0 Å². The summed E-state index contributed by atoms with van der Waals surface area (Å²) < 4.78 is 0. The predicted octanol–water partition coefficient (Wildman–Crippen LogP) is 1.81. The van der Waals surface area contributed by atoms with Crippen molar-refractivity contribution in [3.05, 3.63) is 0 Å². The van der Waals surface area contributed by atoms with Crippen LogP contribution in [-0.2, 0) is 0 Å². The topological polar surface area (TPSA) is 26.7 Å². The van der Waals surface area contributed by atoms with E-state index in [0.29, 0.717) is 11.5 Å². The smallest absolute Gasteiger partial charge is 0.0707 e. The van der Waals surface area contributed by atoms with Crippen molar-refractivity contribution in [2.75, 3.05) is 33.7 Å². The van der Waals surface area contributed by atoms with Gasteiger partial charge in [0.1, 0.15) is 0 Å². The minimum absolute atomic E-state index is 0.195. The molecule has 0 aromatic heterocycles. The minimum Gasteiger partial charge on any atom is -0.391 e. The number of aliphatic hydroxyl groups excluding tert-OH is 1. The van der Waals surface area contributed by atoms with Crippen molar-refractivity contribution < 1.29 is 5.11 Å². The normalized spacial score (nSPS) is 26.8. The first-order valence-corrected chi connectivity index (χ1v) is 6.86. The van der Waals surface area contributed by atoms with E-state index < -0.39 is 0 Å². The lowest BCUT2D eigenvalue weighted by atomic mass is 9.88. The predicted molar refractivity (Wildman–Crippen MR) is 73.2 cm³/mol. The van der Waals surface area contributed by atoms with E-state index in [-0.39, 0.29) is 6.10 Å². The maximum atomic E-state index is 10.4. The van der Waals surface area contributed by atoms with Crippen molar-refractivity contribution in [1.29, 1.82) is 0 Å². The molecule has 3 nitrogen and oxygen atoms in total. The van der Waals surface area contributed by atoms with Crippen LogP contribution in [0.5, 0.6) is 0 Å². The molecule has 1 rings (SSSR count). The van der Waals surface area contributed by atoms with Gasteiger partial charge in [-0.05, 0) is 51.9 Å². The zero-order valence-electron chi connectivity index (χ0n) is 12.2. The Labute approximate surface area is 107 Å². The average molecular weight is 242 g/mol. The van der Waals surface area contributed by atoms with E-state index in [4.69, 9.17) is 0 Å². The molecule has 102 valence electrons. The summed E-state index contributed by atoms with van der Waals surface area (Å²) in [6, 6.07) is 0.296. The molecule has 0 aliphatic carbocycles. The third kappa shape index (κ3) is 5.36. The van der Waals surface area contributed by atoms with Crippen molar-refractivity contribution in [2.24, 2.45) is 5.41 Å². The summed E-state index contributed by atoms with van der Waals surface area (Å²) in [5.74, 6) is 0. The quantitative estimate of drug-likeness (QED) is 0.817. The lowest BCUT2D eigenvalue weighted by Gasteiger charge is -2.32. The third-order valence-electron chi connectivity index (χ3n) is 3.75. The zero-order chi connectivity index (χ0) is 13.1. The summed E-state index contributed by atoms with van der Waals surface area (Å²) in [5, 5.41) is 10.4. The van der Waals surface area contributed by atoms with E-state index in [1.165, 1.54) is 6.42 Å². The highest BCUT2D eigenvalue weighted by molar-refractivity contribution is 4.83. The number of hydrogen-bond donors (Lipinski definition) is 1. The molecular weight excluding hydrogens is 212 g/mol. The van der Waals surface area contributed by atoms with Gasteiger partial charge in [0.15, 0.2) is 0 Å². The standard InChI is InChI=1S/C14H30N2O/c1-14(2,3)8-7-13(17)12-11-15(4)9-6-10-16(12)5/h12-13,17H,6-11H2,1-5H3. The molecule has 0 aromatic carbocycles. The molecule has 1 aliphatic rings. The van der Waals surface area contributed by atoms with Crippen LogP contribution >= 0.6 is 0 Å². The Morgan fingerprint density at radius 1 is 1.24 bits per heavy atom. The maximum absolute atomic E-state index is 10.4. The molecular formula is C14H30N2O. The SMILES string of the molecule is CN1CCCN(C)C(C(O)CCC(C)(C)C)C1. The van der Waals surface area contributed by atoms with E-state index in [2.05, 4.69) is 44.7 Å². The molecule has 17 heavy (non-hydrogen) atoms. The molecule has 2 unspecified atom stereocenters. The summed E-state index contributed by atoms with van der Waals surface area (Å²) in [7, 11) is 4.30. The van der Waals surface area contributed by atoms with Crippen LogP contribution in [0.3, 0.4) is 0 Å². The van der Waals surface area contributed by atoms with Gasteiger partial charge in [-0.1, -0.05) is 20.8 Å². The first-order valence-electron chi connectivity index (χ1n) is 6.86. The van der Waals surface area contributed by atoms with Gasteiger partial charge in [0.25, 0.3) is 0 Å². The van der Waals surface area contributed by atoms with Crippen LogP contribution in [0.1, 0.15) is 40.0 Å². The highest BCUT2D eigenvalue weighted by atomic mass is 16.3. The minimum atomic E-state index is -0.195. The number of rotatable bonds is 3. The summed E-state index contributed by atoms with van der Waals surface area (Å²) in [4.78, 5) is 4.67. The molecule has 1 N–H and O–H groups in total. The highest BCUT2D eigenvalue weighted by Gasteiger charge is 2.27. The van der Waals surface area contributed by atoms with Crippen LogP contribution in [0.25, 0.3) is 0 Å². The Hall–Kier alpha value is -0.120. The monoisotopic (exact) mass is 242 g/mol. The van der Waals surface area contributed by atoms with Crippen molar-refractivity contribution in [2.45, 2.75) is 52.2 Å². The molecule has 2 atom stereocenters. The van der Waals surface area contributed by atoms with Gasteiger partial charge in [-0.2, -0.15) is 0 Å². The second-order valence-electron chi connectivity index (χ2n) is 6.83. The number of likely N-dealkylation sites (N-methyl/N-ethyl adjacent to an activating group) is 2. The number of hydrogen-bond acceptors (Lipinski definition) is 3. The van der Waals surface area contributed by atoms with Crippen molar-refractivity contribution in [3.63, 3.8) is 0 Å². The van der Waals surface area contributed by atoms with Crippen LogP contribution in [0, 0.1) is 5.41 Å². The van der Waals surface area contributed by atoms with E-state index in [1.807, 2.05) is 0 Å². The molecule has 0 radical (unpaired) electrons. The largest absolute Gasteiger partial charge is 0.391 e. The van der Waals surface area contributed by atoms with Gasteiger partial charge < -0.3 is 10.0 Å². The molecule has 0 aromatic rings. The van der Waals surface area contributed by atoms with Crippen LogP contribution in [0.4, 0.5) is 0 Å². The van der Waals surface area contributed by atoms with Gasteiger partial charge in [-0.15, -0.1) is 0 Å². The fourth-order valence-electron chi connectivity index (χ4n) is 2.49. The molecule has 1 heterocycles. The first-order chi connectivity index (χ1) is 7.79. The van der Waals surface area contributed by atoms with E-state index >= 15 is 0 Å². The molecule has 0 saturated carbocycles. The number of nitrogens with zero attached hydrogens (tertiary/aromatic N) is 2. The van der Waals surface area contributed by atoms with Crippen LogP contribution in [0.2, 0.25) is 0 Å². The molecule has 3 heteroatoms. The second kappa shape index (κ2) is 6.17. The maximum Gasteiger partial charge on any atom is 0.0707 e.